The molecule has 0 aliphatic carbocycles. The van der Waals surface area contributed by atoms with Crippen molar-refractivity contribution < 1.29 is 9.90 Å². The second-order valence-corrected chi connectivity index (χ2v) is 10.2. The van der Waals surface area contributed by atoms with Gasteiger partial charge in [-0.25, -0.2) is 0 Å². The van der Waals surface area contributed by atoms with E-state index in [1.165, 1.54) is 21.4 Å². The summed E-state index contributed by atoms with van der Waals surface area (Å²) in [6, 6.07) is 21.3. The Labute approximate surface area is 207 Å². The van der Waals surface area contributed by atoms with Crippen molar-refractivity contribution in [3.05, 3.63) is 78.6 Å². The fourth-order valence-corrected chi connectivity index (χ4v) is 5.93. The molecule has 1 aliphatic heterocycles. The zero-order chi connectivity index (χ0) is 23.8. The van der Waals surface area contributed by atoms with Gasteiger partial charge in [-0.2, -0.15) is 0 Å². The van der Waals surface area contributed by atoms with E-state index < -0.39 is 5.97 Å². The number of aromatic nitrogens is 2. The summed E-state index contributed by atoms with van der Waals surface area (Å²) < 4.78 is 1.14. The maximum atomic E-state index is 11.2. The third-order valence-corrected chi connectivity index (χ3v) is 8.03. The molecule has 176 valence electrons. The lowest BCUT2D eigenvalue weighted by atomic mass is 9.97. The van der Waals surface area contributed by atoms with E-state index in [1.54, 1.807) is 11.3 Å². The Bertz CT molecular complexity index is 1500. The molecule has 0 radical (unpaired) electrons. The Hall–Kier alpha value is -3.68. The first kappa shape index (κ1) is 21.8. The number of fused-ring (bicyclic) bond motifs is 2. The fourth-order valence-electron chi connectivity index (χ4n) is 4.84. The minimum atomic E-state index is -0.660. The molecule has 1 fully saturated rings. The number of H-pyrrole nitrogens is 1. The van der Waals surface area contributed by atoms with Gasteiger partial charge in [-0.3, -0.25) is 14.7 Å². The van der Waals surface area contributed by atoms with E-state index >= 15 is 0 Å². The van der Waals surface area contributed by atoms with Crippen LogP contribution in [0.5, 0.6) is 0 Å². The first-order chi connectivity index (χ1) is 17.1. The van der Waals surface area contributed by atoms with Crippen LogP contribution in [0.4, 0.5) is 11.4 Å². The van der Waals surface area contributed by atoms with E-state index in [2.05, 4.69) is 74.8 Å². The Balaban J connectivity index is 1.19. The van der Waals surface area contributed by atoms with Gasteiger partial charge < -0.3 is 15.4 Å². The summed E-state index contributed by atoms with van der Waals surface area (Å²) in [5.41, 5.74) is 6.66. The number of aromatic amines is 1. The number of rotatable bonds is 6. The van der Waals surface area contributed by atoms with Gasteiger partial charge in [0.15, 0.2) is 0 Å². The van der Waals surface area contributed by atoms with E-state index in [0.29, 0.717) is 0 Å². The Kier molecular flexibility index (Phi) is 5.72. The number of pyridine rings is 1. The molecule has 1 saturated heterocycles. The van der Waals surface area contributed by atoms with Gasteiger partial charge in [-0.15, -0.1) is 11.3 Å². The zero-order valence-electron chi connectivity index (χ0n) is 19.2. The van der Waals surface area contributed by atoms with Crippen LogP contribution in [0.15, 0.2) is 73.1 Å². The molecule has 2 aromatic carbocycles. The van der Waals surface area contributed by atoms with Crippen LogP contribution in [0, 0.1) is 5.92 Å². The average molecular weight is 483 g/mol. The number of likely N-dealkylation sites (tertiary alicyclic amines) is 1. The number of carbonyl (C=O) groups is 1. The van der Waals surface area contributed by atoms with Crippen molar-refractivity contribution in [1.29, 1.82) is 0 Å². The van der Waals surface area contributed by atoms with Crippen molar-refractivity contribution in [2.75, 3.05) is 18.4 Å². The number of thiophene rings is 1. The first-order valence-corrected chi connectivity index (χ1v) is 12.7. The van der Waals surface area contributed by atoms with Gasteiger partial charge in [0.1, 0.15) is 0 Å². The van der Waals surface area contributed by atoms with Gasteiger partial charge in [0.25, 0.3) is 0 Å². The Morgan fingerprint density at radius 2 is 1.91 bits per heavy atom. The molecular weight excluding hydrogens is 456 g/mol. The fraction of sp³-hybridized carbons (Fsp3) is 0.214. The topological polar surface area (TPSA) is 81.2 Å². The predicted octanol–water partition coefficient (Wildman–Crippen LogP) is 6.48. The molecule has 0 spiro atoms. The van der Waals surface area contributed by atoms with Crippen LogP contribution in [0.2, 0.25) is 0 Å². The summed E-state index contributed by atoms with van der Waals surface area (Å²) in [6.45, 7) is 2.54. The largest absolute Gasteiger partial charge is 0.481 e. The monoisotopic (exact) mass is 482 g/mol. The highest BCUT2D eigenvalue weighted by molar-refractivity contribution is 7.22. The number of benzene rings is 2. The highest BCUT2D eigenvalue weighted by Gasteiger charge is 2.24. The summed E-state index contributed by atoms with van der Waals surface area (Å²) in [4.78, 5) is 22.6. The number of nitrogens with one attached hydrogen (secondary N) is 2. The molecule has 6 rings (SSSR count). The van der Waals surface area contributed by atoms with Crippen molar-refractivity contribution in [2.45, 2.75) is 19.4 Å². The first-order valence-electron chi connectivity index (χ1n) is 11.9. The van der Waals surface area contributed by atoms with Gasteiger partial charge in [-0.05, 0) is 73.5 Å². The molecule has 3 aromatic heterocycles. The Morgan fingerprint density at radius 1 is 1.09 bits per heavy atom. The number of hydrogen-bond acceptors (Lipinski definition) is 5. The van der Waals surface area contributed by atoms with Gasteiger partial charge in [-0.1, -0.05) is 24.3 Å². The molecule has 35 heavy (non-hydrogen) atoms. The number of piperidine rings is 1. The van der Waals surface area contributed by atoms with E-state index in [9.17, 15) is 9.90 Å². The molecular formula is C28H26N4O2S. The third-order valence-electron chi connectivity index (χ3n) is 6.83. The second-order valence-electron chi connectivity index (χ2n) is 9.17. The van der Waals surface area contributed by atoms with Crippen LogP contribution in [0.25, 0.3) is 31.6 Å². The van der Waals surface area contributed by atoms with E-state index in [0.717, 1.165) is 59.6 Å². The lowest BCUT2D eigenvalue weighted by molar-refractivity contribution is -0.143. The molecule has 3 N–H and O–H groups in total. The maximum Gasteiger partial charge on any atom is 0.306 e. The lowest BCUT2D eigenvalue weighted by Crippen LogP contribution is -2.35. The number of hydrogen-bond donors (Lipinski definition) is 3. The summed E-state index contributed by atoms with van der Waals surface area (Å²) in [5.74, 6) is -0.849. The SMILES string of the molecule is O=C(O)C1CCN(Cc2ccc(-c3cc4nccc(Nc5ccc6[nH]ccc6c5)c4s3)cc2)CC1. The maximum absolute atomic E-state index is 11.2. The van der Waals surface area contributed by atoms with Crippen LogP contribution in [0.1, 0.15) is 18.4 Å². The predicted molar refractivity (Wildman–Crippen MR) is 142 cm³/mol. The van der Waals surface area contributed by atoms with Crippen molar-refractivity contribution in [3.8, 4) is 10.4 Å². The van der Waals surface area contributed by atoms with E-state index in [-0.39, 0.29) is 5.92 Å². The average Bonchev–Trinajstić information content (AvgIpc) is 3.52. The molecule has 7 heteroatoms. The second kappa shape index (κ2) is 9.17. The quantitative estimate of drug-likeness (QED) is 0.258. The van der Waals surface area contributed by atoms with Crippen molar-refractivity contribution >= 4 is 49.8 Å². The molecule has 4 heterocycles. The number of carboxylic acids is 1. The highest BCUT2D eigenvalue weighted by atomic mass is 32.1. The highest BCUT2D eigenvalue weighted by Crippen LogP contribution is 2.38. The summed E-state index contributed by atoms with van der Waals surface area (Å²) in [5, 5.41) is 14.0. The van der Waals surface area contributed by atoms with E-state index in [1.807, 2.05) is 18.5 Å². The number of carboxylic acid groups (broad SMARTS) is 1. The van der Waals surface area contributed by atoms with Crippen LogP contribution in [0.3, 0.4) is 0 Å². The summed E-state index contributed by atoms with van der Waals surface area (Å²) >= 11 is 1.75. The van der Waals surface area contributed by atoms with Crippen LogP contribution < -0.4 is 5.32 Å². The van der Waals surface area contributed by atoms with Crippen LogP contribution >= 0.6 is 11.3 Å². The lowest BCUT2D eigenvalue weighted by Gasteiger charge is -2.30. The standard InChI is InChI=1S/C28H26N4O2S/c33-28(34)20-9-13-32(14-10-20)17-18-1-3-19(4-2-18)26-16-25-27(35-26)24(8-12-30-25)31-22-5-6-23-21(15-22)7-11-29-23/h1-8,11-12,15-16,20,29H,9-10,13-14,17H2,(H,30,31)(H,33,34). The Morgan fingerprint density at radius 3 is 2.71 bits per heavy atom. The zero-order valence-corrected chi connectivity index (χ0v) is 20.0. The number of anilines is 2. The van der Waals surface area contributed by atoms with Gasteiger partial charge in [0, 0.05) is 40.4 Å². The molecule has 0 atom stereocenters. The normalized spacial score (nSPS) is 15.1. The summed E-state index contributed by atoms with van der Waals surface area (Å²) in [7, 11) is 0. The molecule has 1 aliphatic rings. The van der Waals surface area contributed by atoms with Gasteiger partial charge in [0.05, 0.1) is 21.8 Å². The van der Waals surface area contributed by atoms with Gasteiger partial charge >= 0.3 is 5.97 Å². The molecule has 0 amide bonds. The van der Waals surface area contributed by atoms with Crippen molar-refractivity contribution in [3.63, 3.8) is 0 Å². The molecule has 6 nitrogen and oxygen atoms in total. The van der Waals surface area contributed by atoms with Gasteiger partial charge in [0.2, 0.25) is 0 Å². The molecule has 0 unspecified atom stereocenters. The van der Waals surface area contributed by atoms with Crippen molar-refractivity contribution in [2.24, 2.45) is 5.92 Å². The minimum Gasteiger partial charge on any atom is -0.481 e. The van der Waals surface area contributed by atoms with Crippen LogP contribution in [-0.2, 0) is 11.3 Å². The molecule has 0 saturated carbocycles. The van der Waals surface area contributed by atoms with Crippen LogP contribution in [-0.4, -0.2) is 39.0 Å². The summed E-state index contributed by atoms with van der Waals surface area (Å²) in [6.07, 6.45) is 5.28. The third kappa shape index (κ3) is 4.52. The molecule has 5 aromatic rings. The number of aliphatic carboxylic acids is 1. The van der Waals surface area contributed by atoms with Crippen molar-refractivity contribution in [1.82, 2.24) is 14.9 Å². The van der Waals surface area contributed by atoms with E-state index in [4.69, 9.17) is 0 Å². The number of nitrogens with zero attached hydrogens (tertiary/aromatic N) is 2. The molecule has 0 bridgehead atoms. The minimum absolute atomic E-state index is 0.189. The smallest absolute Gasteiger partial charge is 0.306 e.